The van der Waals surface area contributed by atoms with E-state index in [-0.39, 0.29) is 27.0 Å². The Morgan fingerprint density at radius 2 is 1.72 bits per heavy atom. The summed E-state index contributed by atoms with van der Waals surface area (Å²) in [5.41, 5.74) is -0.226. The van der Waals surface area contributed by atoms with Crippen LogP contribution < -0.4 is 10.1 Å². The number of alkyl halides is 3. The topological polar surface area (TPSA) is 67.8 Å². The molecule has 0 saturated carbocycles. The Morgan fingerprint density at radius 1 is 1.08 bits per heavy atom. The molecule has 1 unspecified atom stereocenters. The van der Waals surface area contributed by atoms with Gasteiger partial charge in [0.05, 0.1) is 10.0 Å². The van der Waals surface area contributed by atoms with E-state index in [1.807, 2.05) is 0 Å². The van der Waals surface area contributed by atoms with Crippen LogP contribution in [0.2, 0.25) is 10.0 Å². The lowest BCUT2D eigenvalue weighted by Crippen LogP contribution is -2.39. The number of carbonyl (C=O) groups is 1. The Morgan fingerprint density at radius 3 is 2.24 bits per heavy atom. The van der Waals surface area contributed by atoms with E-state index in [4.69, 9.17) is 27.9 Å². The molecule has 25 heavy (non-hydrogen) atoms. The van der Waals surface area contributed by atoms with Gasteiger partial charge in [-0.15, -0.1) is 4.91 Å². The SMILES string of the molecule is O=Nc1ccc(OC(=O)NC(c2ccc(Cl)c(Cl)c2)C(F)(F)F)cc1. The molecule has 0 fully saturated rings. The summed E-state index contributed by atoms with van der Waals surface area (Å²) in [4.78, 5) is 22.1. The third-order valence-corrected chi connectivity index (χ3v) is 3.76. The van der Waals surface area contributed by atoms with Crippen LogP contribution in [0.25, 0.3) is 0 Å². The lowest BCUT2D eigenvalue weighted by atomic mass is 10.1. The largest absolute Gasteiger partial charge is 0.413 e. The fourth-order valence-electron chi connectivity index (χ4n) is 1.88. The Hall–Kier alpha value is -2.32. The van der Waals surface area contributed by atoms with Crippen LogP contribution in [0.4, 0.5) is 23.7 Å². The summed E-state index contributed by atoms with van der Waals surface area (Å²) in [6.07, 6.45) is -6.12. The standard InChI is InChI=1S/C15H9Cl2F3N2O3/c16-11-6-1-8(7-12(11)17)13(15(18,19)20)21-14(23)25-10-4-2-9(22-24)3-5-10/h1-7,13H,(H,21,23). The van der Waals surface area contributed by atoms with Crippen molar-refractivity contribution in [2.45, 2.75) is 12.2 Å². The van der Waals surface area contributed by atoms with Gasteiger partial charge in [0.2, 0.25) is 0 Å². The highest BCUT2D eigenvalue weighted by Crippen LogP contribution is 2.35. The van der Waals surface area contributed by atoms with Gasteiger partial charge in [0.1, 0.15) is 11.4 Å². The maximum absolute atomic E-state index is 13.2. The Labute approximate surface area is 149 Å². The molecule has 0 aromatic heterocycles. The van der Waals surface area contributed by atoms with Crippen LogP contribution in [0.15, 0.2) is 47.6 Å². The summed E-state index contributed by atoms with van der Waals surface area (Å²) in [5.74, 6) is -0.0556. The predicted octanol–water partition coefficient (Wildman–Crippen LogP) is 5.78. The highest BCUT2D eigenvalue weighted by molar-refractivity contribution is 6.42. The highest BCUT2D eigenvalue weighted by atomic mass is 35.5. The van der Waals surface area contributed by atoms with Crippen LogP contribution in [-0.4, -0.2) is 12.3 Å². The number of hydrogen-bond donors (Lipinski definition) is 1. The van der Waals surface area contributed by atoms with Crippen LogP contribution in [0.5, 0.6) is 5.75 Å². The van der Waals surface area contributed by atoms with E-state index < -0.39 is 18.3 Å². The molecule has 0 spiro atoms. The summed E-state index contributed by atoms with van der Waals surface area (Å²) < 4.78 is 44.5. The van der Waals surface area contributed by atoms with Crippen molar-refractivity contribution < 1.29 is 22.7 Å². The number of ether oxygens (including phenoxy) is 1. The van der Waals surface area contributed by atoms with Crippen molar-refractivity contribution in [2.75, 3.05) is 0 Å². The molecule has 0 aliphatic carbocycles. The molecule has 2 aromatic carbocycles. The van der Waals surface area contributed by atoms with Crippen LogP contribution in [0.3, 0.4) is 0 Å². The van der Waals surface area contributed by atoms with Gasteiger partial charge in [-0.1, -0.05) is 29.3 Å². The normalized spacial score (nSPS) is 12.4. The molecule has 5 nitrogen and oxygen atoms in total. The molecular weight excluding hydrogens is 384 g/mol. The minimum Gasteiger partial charge on any atom is -0.410 e. The highest BCUT2D eigenvalue weighted by Gasteiger charge is 2.42. The zero-order valence-corrected chi connectivity index (χ0v) is 13.7. The van der Waals surface area contributed by atoms with Gasteiger partial charge in [0.25, 0.3) is 0 Å². The smallest absolute Gasteiger partial charge is 0.410 e. The molecule has 0 radical (unpaired) electrons. The summed E-state index contributed by atoms with van der Waals surface area (Å²) in [7, 11) is 0. The number of halogens is 5. The molecule has 0 aliphatic heterocycles. The number of nitroso groups, excluding NO2 is 1. The first-order chi connectivity index (χ1) is 11.7. The molecule has 0 heterocycles. The van der Waals surface area contributed by atoms with Gasteiger partial charge in [-0.3, -0.25) is 0 Å². The first-order valence-corrected chi connectivity index (χ1v) is 7.39. The van der Waals surface area contributed by atoms with Gasteiger partial charge in [0, 0.05) is 0 Å². The van der Waals surface area contributed by atoms with Gasteiger partial charge in [-0.2, -0.15) is 13.2 Å². The quantitative estimate of drug-likeness (QED) is 0.670. The Kier molecular flexibility index (Phi) is 5.86. The molecule has 1 atom stereocenters. The number of nitrogens with one attached hydrogen (secondary N) is 1. The molecule has 0 aliphatic rings. The van der Waals surface area contributed by atoms with Gasteiger partial charge in [-0.25, -0.2) is 4.79 Å². The maximum Gasteiger partial charge on any atom is 0.413 e. The van der Waals surface area contributed by atoms with Crippen molar-refractivity contribution in [3.05, 3.63) is 63.0 Å². The van der Waals surface area contributed by atoms with Crippen molar-refractivity contribution in [3.63, 3.8) is 0 Å². The van der Waals surface area contributed by atoms with Crippen molar-refractivity contribution in [3.8, 4) is 5.75 Å². The van der Waals surface area contributed by atoms with E-state index in [1.165, 1.54) is 30.3 Å². The molecule has 132 valence electrons. The van der Waals surface area contributed by atoms with E-state index in [2.05, 4.69) is 5.18 Å². The van der Waals surface area contributed by atoms with Crippen molar-refractivity contribution in [2.24, 2.45) is 5.18 Å². The lowest BCUT2D eigenvalue weighted by Gasteiger charge is -2.22. The molecule has 10 heteroatoms. The predicted molar refractivity (Wildman–Crippen MR) is 86.3 cm³/mol. The summed E-state index contributed by atoms with van der Waals surface area (Å²) >= 11 is 11.4. The Bertz CT molecular complexity index is 783. The minimum absolute atomic E-state index is 0.0556. The number of hydrogen-bond acceptors (Lipinski definition) is 4. The van der Waals surface area contributed by atoms with E-state index in [0.29, 0.717) is 0 Å². The monoisotopic (exact) mass is 392 g/mol. The van der Waals surface area contributed by atoms with E-state index in [0.717, 1.165) is 12.1 Å². The zero-order valence-electron chi connectivity index (χ0n) is 12.2. The third kappa shape index (κ3) is 5.07. The van der Waals surface area contributed by atoms with Crippen LogP contribution in [0, 0.1) is 4.91 Å². The van der Waals surface area contributed by atoms with Crippen molar-refractivity contribution in [1.82, 2.24) is 5.32 Å². The van der Waals surface area contributed by atoms with Gasteiger partial charge in [-0.05, 0) is 47.1 Å². The van der Waals surface area contributed by atoms with Crippen molar-refractivity contribution >= 4 is 35.0 Å². The number of carbonyl (C=O) groups excluding carboxylic acids is 1. The minimum atomic E-state index is -4.79. The first-order valence-electron chi connectivity index (χ1n) is 6.64. The van der Waals surface area contributed by atoms with Crippen LogP contribution in [0.1, 0.15) is 11.6 Å². The number of benzene rings is 2. The van der Waals surface area contributed by atoms with Crippen molar-refractivity contribution in [1.29, 1.82) is 0 Å². The molecule has 1 N–H and O–H groups in total. The molecule has 2 aromatic rings. The summed E-state index contributed by atoms with van der Waals surface area (Å²) in [5, 5.41) is 4.37. The second kappa shape index (κ2) is 7.71. The average molecular weight is 393 g/mol. The van der Waals surface area contributed by atoms with E-state index in [9.17, 15) is 22.9 Å². The zero-order chi connectivity index (χ0) is 18.6. The molecular formula is C15H9Cl2F3N2O3. The van der Waals surface area contributed by atoms with E-state index in [1.54, 1.807) is 5.32 Å². The number of rotatable bonds is 4. The first kappa shape index (κ1) is 19.0. The third-order valence-electron chi connectivity index (χ3n) is 3.02. The van der Waals surface area contributed by atoms with Gasteiger partial charge in [0.15, 0.2) is 6.04 Å². The maximum atomic E-state index is 13.2. The number of amides is 1. The van der Waals surface area contributed by atoms with Crippen LogP contribution >= 0.6 is 23.2 Å². The summed E-state index contributed by atoms with van der Waals surface area (Å²) in [6, 6.07) is 5.88. The second-order valence-electron chi connectivity index (χ2n) is 4.77. The fraction of sp³-hybridized carbons (Fsp3) is 0.133. The van der Waals surface area contributed by atoms with E-state index >= 15 is 0 Å². The molecule has 0 saturated heterocycles. The van der Waals surface area contributed by atoms with Crippen LogP contribution in [-0.2, 0) is 0 Å². The Balaban J connectivity index is 2.17. The fourth-order valence-corrected chi connectivity index (χ4v) is 2.18. The van der Waals surface area contributed by atoms with Gasteiger partial charge < -0.3 is 10.1 Å². The number of nitrogens with zero attached hydrogens (tertiary/aromatic N) is 1. The molecule has 0 bridgehead atoms. The van der Waals surface area contributed by atoms with Gasteiger partial charge >= 0.3 is 12.3 Å². The lowest BCUT2D eigenvalue weighted by molar-refractivity contribution is -0.155. The molecule has 2 rings (SSSR count). The summed E-state index contributed by atoms with van der Waals surface area (Å²) in [6.45, 7) is 0. The second-order valence-corrected chi connectivity index (χ2v) is 5.58. The molecule has 1 amide bonds. The average Bonchev–Trinajstić information content (AvgIpc) is 2.55.